The molecule has 0 spiro atoms. The summed E-state index contributed by atoms with van der Waals surface area (Å²) in [4.78, 5) is 24.2. The average molecular weight is 517 g/mol. The Morgan fingerprint density at radius 2 is 1.56 bits per heavy atom. The first-order valence-corrected chi connectivity index (χ1v) is 11.8. The number of benzene rings is 3. The maximum Gasteiger partial charge on any atom is 0.337 e. The number of primary amides is 1. The Morgan fingerprint density at radius 3 is 2.09 bits per heavy atom. The lowest BCUT2D eigenvalue weighted by atomic mass is 10.1. The van der Waals surface area contributed by atoms with E-state index in [0.29, 0.717) is 16.7 Å². The standard InChI is InChI=1S/C23H21BrN2O5S/c1-31-23(28)18-9-7-16(8-10-18)15-26(21(22(25)27)17-5-3-2-4-6-17)32(29,30)20-13-11-19(24)12-14-20/h2-14,21H,15H2,1H3,(H2,25,27). The summed E-state index contributed by atoms with van der Waals surface area (Å²) in [6.07, 6.45) is 0. The molecule has 3 aromatic carbocycles. The van der Waals surface area contributed by atoms with Gasteiger partial charge in [0.15, 0.2) is 0 Å². The quantitative estimate of drug-likeness (QED) is 0.459. The zero-order valence-corrected chi connectivity index (χ0v) is 19.5. The third kappa shape index (κ3) is 5.24. The lowest BCUT2D eigenvalue weighted by Crippen LogP contribution is -2.41. The van der Waals surface area contributed by atoms with Crippen LogP contribution in [0.2, 0.25) is 0 Å². The highest BCUT2D eigenvalue weighted by Crippen LogP contribution is 2.30. The fourth-order valence-corrected chi connectivity index (χ4v) is 5.05. The molecule has 32 heavy (non-hydrogen) atoms. The molecule has 1 amide bonds. The third-order valence-electron chi connectivity index (χ3n) is 4.81. The van der Waals surface area contributed by atoms with Crippen LogP contribution in [0, 0.1) is 0 Å². The van der Waals surface area contributed by atoms with Crippen molar-refractivity contribution in [3.05, 3.63) is 100 Å². The van der Waals surface area contributed by atoms with Crippen molar-refractivity contribution in [3.63, 3.8) is 0 Å². The van der Waals surface area contributed by atoms with Crippen molar-refractivity contribution < 1.29 is 22.7 Å². The van der Waals surface area contributed by atoms with E-state index in [1.807, 2.05) is 0 Å². The molecule has 3 aromatic rings. The van der Waals surface area contributed by atoms with Crippen molar-refractivity contribution >= 4 is 37.8 Å². The van der Waals surface area contributed by atoms with Crippen LogP contribution >= 0.6 is 15.9 Å². The lowest BCUT2D eigenvalue weighted by molar-refractivity contribution is -0.122. The minimum absolute atomic E-state index is 0.0223. The number of methoxy groups -OCH3 is 1. The molecular formula is C23H21BrN2O5S. The number of rotatable bonds is 8. The number of nitrogens with zero attached hydrogens (tertiary/aromatic N) is 1. The zero-order valence-electron chi connectivity index (χ0n) is 17.1. The minimum Gasteiger partial charge on any atom is -0.465 e. The molecule has 0 aliphatic rings. The molecule has 9 heteroatoms. The van der Waals surface area contributed by atoms with Crippen LogP contribution < -0.4 is 5.73 Å². The van der Waals surface area contributed by atoms with E-state index in [1.54, 1.807) is 54.6 Å². The van der Waals surface area contributed by atoms with Gasteiger partial charge in [0.2, 0.25) is 15.9 Å². The molecule has 0 saturated carbocycles. The average Bonchev–Trinajstić information content (AvgIpc) is 2.79. The maximum atomic E-state index is 13.6. The topological polar surface area (TPSA) is 107 Å². The van der Waals surface area contributed by atoms with Gasteiger partial charge in [0.25, 0.3) is 0 Å². The van der Waals surface area contributed by atoms with Gasteiger partial charge in [-0.2, -0.15) is 4.31 Å². The molecule has 0 fully saturated rings. The first kappa shape index (κ1) is 23.6. The first-order chi connectivity index (χ1) is 15.2. The highest BCUT2D eigenvalue weighted by atomic mass is 79.9. The predicted molar refractivity (Wildman–Crippen MR) is 123 cm³/mol. The van der Waals surface area contributed by atoms with Gasteiger partial charge in [-0.15, -0.1) is 0 Å². The molecule has 0 aliphatic carbocycles. The Balaban J connectivity index is 2.09. The van der Waals surface area contributed by atoms with Gasteiger partial charge in [0, 0.05) is 11.0 Å². The summed E-state index contributed by atoms with van der Waals surface area (Å²) in [6, 6.07) is 19.7. The van der Waals surface area contributed by atoms with E-state index in [9.17, 15) is 18.0 Å². The molecule has 1 atom stereocenters. The van der Waals surface area contributed by atoms with E-state index >= 15 is 0 Å². The molecule has 2 N–H and O–H groups in total. The summed E-state index contributed by atoms with van der Waals surface area (Å²) < 4.78 is 33.7. The van der Waals surface area contributed by atoms with Gasteiger partial charge in [0.05, 0.1) is 17.6 Å². The predicted octanol–water partition coefficient (Wildman–Crippen LogP) is 3.65. The Kier molecular flexibility index (Phi) is 7.44. The number of hydrogen-bond acceptors (Lipinski definition) is 5. The van der Waals surface area contributed by atoms with Crippen molar-refractivity contribution in [2.24, 2.45) is 5.73 Å². The number of nitrogens with two attached hydrogens (primary N) is 1. The van der Waals surface area contributed by atoms with E-state index in [4.69, 9.17) is 10.5 Å². The lowest BCUT2D eigenvalue weighted by Gasteiger charge is -2.29. The number of halogens is 1. The molecule has 0 radical (unpaired) electrons. The minimum atomic E-state index is -4.12. The first-order valence-electron chi connectivity index (χ1n) is 9.53. The molecule has 1 unspecified atom stereocenters. The number of ether oxygens (including phenoxy) is 1. The number of esters is 1. The number of carbonyl (C=O) groups excluding carboxylic acids is 2. The van der Waals surface area contributed by atoms with Crippen molar-refractivity contribution in [1.82, 2.24) is 4.31 Å². The maximum absolute atomic E-state index is 13.6. The van der Waals surface area contributed by atoms with Crippen LogP contribution in [0.1, 0.15) is 27.5 Å². The van der Waals surface area contributed by atoms with Crippen molar-refractivity contribution in [2.45, 2.75) is 17.5 Å². The van der Waals surface area contributed by atoms with E-state index < -0.39 is 27.9 Å². The van der Waals surface area contributed by atoms with Gasteiger partial charge < -0.3 is 10.5 Å². The highest BCUT2D eigenvalue weighted by molar-refractivity contribution is 9.10. The van der Waals surface area contributed by atoms with Crippen LogP contribution in [0.3, 0.4) is 0 Å². The van der Waals surface area contributed by atoms with Gasteiger partial charge in [-0.3, -0.25) is 4.79 Å². The Bertz CT molecular complexity index is 1200. The fourth-order valence-electron chi connectivity index (χ4n) is 3.21. The van der Waals surface area contributed by atoms with E-state index in [2.05, 4.69) is 15.9 Å². The Morgan fingerprint density at radius 1 is 0.969 bits per heavy atom. The SMILES string of the molecule is COC(=O)c1ccc(CN(C(C(N)=O)c2ccccc2)S(=O)(=O)c2ccc(Br)cc2)cc1. The summed E-state index contributed by atoms with van der Waals surface area (Å²) in [5.74, 6) is -1.31. The second-order valence-corrected chi connectivity index (χ2v) is 9.71. The number of carbonyl (C=O) groups is 2. The molecule has 0 aromatic heterocycles. The van der Waals surface area contributed by atoms with Crippen LogP contribution in [0.15, 0.2) is 88.2 Å². The molecule has 7 nitrogen and oxygen atoms in total. The summed E-state index contributed by atoms with van der Waals surface area (Å²) in [5, 5.41) is 0. The molecule has 166 valence electrons. The van der Waals surface area contributed by atoms with Gasteiger partial charge >= 0.3 is 5.97 Å². The monoisotopic (exact) mass is 516 g/mol. The summed E-state index contributed by atoms with van der Waals surface area (Å²) >= 11 is 3.30. The van der Waals surface area contributed by atoms with Gasteiger partial charge in [-0.25, -0.2) is 13.2 Å². The second kappa shape index (κ2) is 10.1. The van der Waals surface area contributed by atoms with Gasteiger partial charge in [-0.1, -0.05) is 58.4 Å². The van der Waals surface area contributed by atoms with E-state index in [-0.39, 0.29) is 11.4 Å². The van der Waals surface area contributed by atoms with Crippen LogP contribution in [-0.4, -0.2) is 31.7 Å². The molecule has 3 rings (SSSR count). The summed E-state index contributed by atoms with van der Waals surface area (Å²) in [6.45, 7) is -0.137. The number of hydrogen-bond donors (Lipinski definition) is 1. The largest absolute Gasteiger partial charge is 0.465 e. The highest BCUT2D eigenvalue weighted by Gasteiger charge is 2.36. The van der Waals surface area contributed by atoms with E-state index in [1.165, 1.54) is 31.4 Å². The third-order valence-corrected chi connectivity index (χ3v) is 7.16. The van der Waals surface area contributed by atoms with Gasteiger partial charge in [-0.05, 0) is 47.5 Å². The molecular weight excluding hydrogens is 496 g/mol. The zero-order chi connectivity index (χ0) is 23.3. The van der Waals surface area contributed by atoms with Crippen LogP contribution in [0.5, 0.6) is 0 Å². The summed E-state index contributed by atoms with van der Waals surface area (Å²) in [7, 11) is -2.84. The normalized spacial score (nSPS) is 12.3. The van der Waals surface area contributed by atoms with Crippen LogP contribution in [0.4, 0.5) is 0 Å². The van der Waals surface area contributed by atoms with Crippen molar-refractivity contribution in [2.75, 3.05) is 7.11 Å². The Hall–Kier alpha value is -3.01. The van der Waals surface area contributed by atoms with Gasteiger partial charge in [0.1, 0.15) is 6.04 Å². The molecule has 0 heterocycles. The molecule has 0 aliphatic heterocycles. The van der Waals surface area contributed by atoms with Crippen molar-refractivity contribution in [3.8, 4) is 0 Å². The summed E-state index contributed by atoms with van der Waals surface area (Å²) in [5.41, 5.74) is 7.04. The van der Waals surface area contributed by atoms with Crippen LogP contribution in [-0.2, 0) is 26.1 Å². The number of sulfonamides is 1. The van der Waals surface area contributed by atoms with E-state index in [0.717, 1.165) is 8.78 Å². The molecule has 0 bridgehead atoms. The second-order valence-electron chi connectivity index (χ2n) is 6.91. The number of amides is 1. The van der Waals surface area contributed by atoms with Crippen LogP contribution in [0.25, 0.3) is 0 Å². The molecule has 0 saturated heterocycles. The Labute approximate surface area is 195 Å². The smallest absolute Gasteiger partial charge is 0.337 e. The van der Waals surface area contributed by atoms with Crippen molar-refractivity contribution in [1.29, 1.82) is 0 Å². The fraction of sp³-hybridized carbons (Fsp3) is 0.130.